The third kappa shape index (κ3) is 2.74. The number of piperidine rings is 1. The van der Waals surface area contributed by atoms with Crippen LogP contribution in [0.5, 0.6) is 0 Å². The number of hydrogen-bond donors (Lipinski definition) is 0. The van der Waals surface area contributed by atoms with Crippen molar-refractivity contribution in [2.75, 3.05) is 13.1 Å². The average Bonchev–Trinajstić information content (AvgIpc) is 1.88. The summed E-state index contributed by atoms with van der Waals surface area (Å²) in [5.74, 6) is 0.996. The predicted molar refractivity (Wildman–Crippen MR) is 53.2 cm³/mol. The van der Waals surface area contributed by atoms with E-state index in [4.69, 9.17) is 0 Å². The Balaban J connectivity index is 2.18. The number of halogens is 1. The minimum atomic E-state index is 0.996. The van der Waals surface area contributed by atoms with Crippen molar-refractivity contribution in [2.45, 2.75) is 32.6 Å². The second-order valence-corrected chi connectivity index (χ2v) is 4.53. The summed E-state index contributed by atoms with van der Waals surface area (Å²) in [6, 6.07) is 0. The van der Waals surface area contributed by atoms with E-state index in [9.17, 15) is 0 Å². The maximum absolute atomic E-state index is 2.44. The predicted octanol–water partition coefficient (Wildman–Crippen LogP) is 2.85. The Morgan fingerprint density at radius 2 is 2.40 bits per heavy atom. The first-order valence-electron chi connectivity index (χ1n) is 4.23. The van der Waals surface area contributed by atoms with E-state index >= 15 is 0 Å². The van der Waals surface area contributed by atoms with Gasteiger partial charge in [0.2, 0.25) is 0 Å². The molecule has 0 aromatic heterocycles. The van der Waals surface area contributed by atoms with E-state index in [1.807, 2.05) is 0 Å². The Morgan fingerprint density at radius 3 is 3.00 bits per heavy atom. The average molecular weight is 253 g/mol. The standard InChI is InChI=1S/C8H16IN/c1-2-4-8-5-3-6-10(9)7-8/h8H,2-7H2,1H3. The van der Waals surface area contributed by atoms with Gasteiger partial charge in [0.05, 0.1) is 0 Å². The van der Waals surface area contributed by atoms with Gasteiger partial charge in [-0.2, -0.15) is 0 Å². The van der Waals surface area contributed by atoms with E-state index in [1.165, 1.54) is 38.8 Å². The van der Waals surface area contributed by atoms with E-state index in [2.05, 4.69) is 32.9 Å². The Bertz CT molecular complexity index is 93.3. The molecule has 0 bridgehead atoms. The van der Waals surface area contributed by atoms with Gasteiger partial charge in [0.15, 0.2) is 0 Å². The highest BCUT2D eigenvalue weighted by Gasteiger charge is 2.16. The van der Waals surface area contributed by atoms with Crippen LogP contribution in [-0.4, -0.2) is 16.2 Å². The molecule has 1 heterocycles. The lowest BCUT2D eigenvalue weighted by Gasteiger charge is -2.27. The van der Waals surface area contributed by atoms with Crippen molar-refractivity contribution >= 4 is 22.9 Å². The van der Waals surface area contributed by atoms with Gasteiger partial charge in [-0.25, -0.2) is 3.11 Å². The van der Waals surface area contributed by atoms with Gasteiger partial charge in [0.25, 0.3) is 0 Å². The zero-order chi connectivity index (χ0) is 7.40. The third-order valence-electron chi connectivity index (χ3n) is 2.17. The maximum atomic E-state index is 2.44. The highest BCUT2D eigenvalue weighted by atomic mass is 127. The summed E-state index contributed by atoms with van der Waals surface area (Å²) in [7, 11) is 0. The van der Waals surface area contributed by atoms with Gasteiger partial charge in [-0.1, -0.05) is 13.3 Å². The molecule has 60 valence electrons. The minimum absolute atomic E-state index is 0.996. The summed E-state index contributed by atoms with van der Waals surface area (Å²) in [6.07, 6.45) is 5.66. The van der Waals surface area contributed by atoms with Crippen LogP contribution in [0.4, 0.5) is 0 Å². The SMILES string of the molecule is CCCC1CCCN(I)C1. The highest BCUT2D eigenvalue weighted by molar-refractivity contribution is 14.1. The summed E-state index contributed by atoms with van der Waals surface area (Å²) < 4.78 is 2.43. The Labute approximate surface area is 77.7 Å². The quantitative estimate of drug-likeness (QED) is 0.540. The second-order valence-electron chi connectivity index (χ2n) is 3.17. The molecule has 10 heavy (non-hydrogen) atoms. The molecule has 1 aliphatic rings. The Hall–Kier alpha value is 0.690. The Kier molecular flexibility index (Phi) is 3.99. The van der Waals surface area contributed by atoms with E-state index in [0.29, 0.717) is 0 Å². The molecule has 1 aliphatic heterocycles. The van der Waals surface area contributed by atoms with Crippen LogP contribution in [0.15, 0.2) is 0 Å². The van der Waals surface area contributed by atoms with Gasteiger partial charge in [-0.05, 0) is 25.2 Å². The van der Waals surface area contributed by atoms with Crippen molar-refractivity contribution < 1.29 is 0 Å². The van der Waals surface area contributed by atoms with Crippen LogP contribution >= 0.6 is 22.9 Å². The second kappa shape index (κ2) is 4.54. The number of rotatable bonds is 2. The first-order valence-corrected chi connectivity index (χ1v) is 5.20. The van der Waals surface area contributed by atoms with E-state index in [1.54, 1.807) is 0 Å². The molecular weight excluding hydrogens is 237 g/mol. The normalized spacial score (nSPS) is 28.8. The fraction of sp³-hybridized carbons (Fsp3) is 1.00. The monoisotopic (exact) mass is 253 g/mol. The molecule has 0 amide bonds. The first-order chi connectivity index (χ1) is 4.83. The van der Waals surface area contributed by atoms with Gasteiger partial charge in [-0.3, -0.25) is 0 Å². The van der Waals surface area contributed by atoms with Crippen LogP contribution in [0, 0.1) is 5.92 Å². The van der Waals surface area contributed by atoms with Crippen molar-refractivity contribution in [2.24, 2.45) is 5.92 Å². The van der Waals surface area contributed by atoms with E-state index in [0.717, 1.165) is 5.92 Å². The topological polar surface area (TPSA) is 3.24 Å². The number of hydrogen-bond acceptors (Lipinski definition) is 1. The van der Waals surface area contributed by atoms with Crippen LogP contribution in [0.3, 0.4) is 0 Å². The molecule has 1 fully saturated rings. The lowest BCUT2D eigenvalue weighted by molar-refractivity contribution is 0.288. The summed E-state index contributed by atoms with van der Waals surface area (Å²) in [4.78, 5) is 0. The molecule has 0 aromatic carbocycles. The first kappa shape index (κ1) is 8.78. The molecule has 0 aromatic rings. The fourth-order valence-electron chi connectivity index (χ4n) is 1.66. The minimum Gasteiger partial charge on any atom is -0.247 e. The lowest BCUT2D eigenvalue weighted by atomic mass is 9.95. The zero-order valence-electron chi connectivity index (χ0n) is 6.65. The van der Waals surface area contributed by atoms with E-state index < -0.39 is 0 Å². The molecule has 1 unspecified atom stereocenters. The van der Waals surface area contributed by atoms with Crippen LogP contribution < -0.4 is 0 Å². The summed E-state index contributed by atoms with van der Waals surface area (Å²) >= 11 is 2.44. The molecule has 0 N–H and O–H groups in total. The van der Waals surface area contributed by atoms with Crippen LogP contribution in [0.1, 0.15) is 32.6 Å². The number of nitrogens with zero attached hydrogens (tertiary/aromatic N) is 1. The van der Waals surface area contributed by atoms with Gasteiger partial charge in [0.1, 0.15) is 0 Å². The molecule has 1 saturated heterocycles. The molecule has 0 spiro atoms. The van der Waals surface area contributed by atoms with Crippen LogP contribution in [-0.2, 0) is 0 Å². The molecule has 2 heteroatoms. The molecule has 1 atom stereocenters. The molecule has 1 nitrogen and oxygen atoms in total. The van der Waals surface area contributed by atoms with Crippen molar-refractivity contribution in [3.8, 4) is 0 Å². The smallest absolute Gasteiger partial charge is 0.0201 e. The van der Waals surface area contributed by atoms with Crippen LogP contribution in [0.25, 0.3) is 0 Å². The zero-order valence-corrected chi connectivity index (χ0v) is 8.80. The molecule has 0 aliphatic carbocycles. The summed E-state index contributed by atoms with van der Waals surface area (Å²) in [5, 5.41) is 0. The summed E-state index contributed by atoms with van der Waals surface area (Å²) in [6.45, 7) is 4.92. The Morgan fingerprint density at radius 1 is 1.60 bits per heavy atom. The van der Waals surface area contributed by atoms with Gasteiger partial charge < -0.3 is 0 Å². The van der Waals surface area contributed by atoms with E-state index in [-0.39, 0.29) is 0 Å². The van der Waals surface area contributed by atoms with Gasteiger partial charge >= 0.3 is 0 Å². The van der Waals surface area contributed by atoms with Crippen molar-refractivity contribution in [1.82, 2.24) is 3.11 Å². The largest absolute Gasteiger partial charge is 0.247 e. The molecule has 0 radical (unpaired) electrons. The fourth-order valence-corrected chi connectivity index (χ4v) is 2.56. The van der Waals surface area contributed by atoms with Crippen molar-refractivity contribution in [1.29, 1.82) is 0 Å². The third-order valence-corrected chi connectivity index (χ3v) is 3.04. The van der Waals surface area contributed by atoms with Crippen molar-refractivity contribution in [3.05, 3.63) is 0 Å². The van der Waals surface area contributed by atoms with Gasteiger partial charge in [-0.15, -0.1) is 0 Å². The molecule has 1 rings (SSSR count). The maximum Gasteiger partial charge on any atom is 0.0201 e. The summed E-state index contributed by atoms with van der Waals surface area (Å²) in [5.41, 5.74) is 0. The highest BCUT2D eigenvalue weighted by Crippen LogP contribution is 2.22. The van der Waals surface area contributed by atoms with Gasteiger partial charge in [0, 0.05) is 36.0 Å². The van der Waals surface area contributed by atoms with Crippen LogP contribution in [0.2, 0.25) is 0 Å². The molecular formula is C8H16IN. The van der Waals surface area contributed by atoms with Crippen molar-refractivity contribution in [3.63, 3.8) is 0 Å². The lowest BCUT2D eigenvalue weighted by Crippen LogP contribution is -2.27. The molecule has 0 saturated carbocycles.